The first-order valence-corrected chi connectivity index (χ1v) is 25.6. The third-order valence-corrected chi connectivity index (χ3v) is 15.3. The number of benzene rings is 2. The monoisotopic (exact) mass is 1120 g/mol. The van der Waals surface area contributed by atoms with Crippen LogP contribution in [0, 0.1) is 46.1 Å². The van der Waals surface area contributed by atoms with Gasteiger partial charge in [-0.3, -0.25) is 24.7 Å². The number of piperazine rings is 1. The summed E-state index contributed by atoms with van der Waals surface area (Å²) in [7, 11) is 0. The number of carbonyl (C=O) groups is 4. The second-order valence-corrected chi connectivity index (χ2v) is 21.7. The van der Waals surface area contributed by atoms with Gasteiger partial charge in [-0.1, -0.05) is 37.8 Å². The molecule has 2 aromatic carbocycles. The van der Waals surface area contributed by atoms with Crippen molar-refractivity contribution < 1.29 is 72.9 Å². The van der Waals surface area contributed by atoms with Crippen molar-refractivity contribution in [2.24, 2.45) is 22.7 Å². The van der Waals surface area contributed by atoms with Gasteiger partial charge in [0.1, 0.15) is 29.3 Å². The van der Waals surface area contributed by atoms with E-state index in [1.54, 1.807) is 30.5 Å². The highest BCUT2D eigenvalue weighted by molar-refractivity contribution is 5.89. The smallest absolute Gasteiger partial charge is 0.391 e. The van der Waals surface area contributed by atoms with Crippen molar-refractivity contribution in [2.45, 2.75) is 129 Å². The Bertz CT molecular complexity index is 2860. The normalized spacial score (nSPS) is 18.8. The molecule has 79 heavy (non-hydrogen) atoms. The first-order valence-electron chi connectivity index (χ1n) is 25.6. The van der Waals surface area contributed by atoms with Gasteiger partial charge < -0.3 is 24.9 Å². The number of halogens is 10. The van der Waals surface area contributed by atoms with Crippen molar-refractivity contribution in [3.05, 3.63) is 101 Å². The Morgan fingerprint density at radius 2 is 1.42 bits per heavy atom. The highest BCUT2D eigenvalue weighted by atomic mass is 19.4. The molecule has 3 aliphatic heterocycles. The first-order chi connectivity index (χ1) is 36.9. The highest BCUT2D eigenvalue weighted by Gasteiger charge is 2.56. The molecule has 3 fully saturated rings. The second kappa shape index (κ2) is 24.1. The van der Waals surface area contributed by atoms with Crippen LogP contribution in [0.2, 0.25) is 0 Å². The van der Waals surface area contributed by atoms with Gasteiger partial charge in [0, 0.05) is 92.7 Å². The number of amides is 2. The van der Waals surface area contributed by atoms with E-state index in [-0.39, 0.29) is 22.4 Å². The van der Waals surface area contributed by atoms with E-state index in [9.17, 15) is 59.4 Å². The van der Waals surface area contributed by atoms with Gasteiger partial charge in [-0.2, -0.15) is 40.2 Å². The number of nitrogens with zero attached hydrogens (tertiary/aromatic N) is 6. The number of hydrogen-bond acceptors (Lipinski definition) is 11. The van der Waals surface area contributed by atoms with Crippen LogP contribution in [-0.2, 0) is 36.9 Å². The zero-order valence-corrected chi connectivity index (χ0v) is 44.2. The average molecular weight is 1120 g/mol. The van der Waals surface area contributed by atoms with Gasteiger partial charge in [0.2, 0.25) is 11.8 Å². The van der Waals surface area contributed by atoms with E-state index in [1.807, 2.05) is 12.1 Å². The molecule has 0 spiro atoms. The van der Waals surface area contributed by atoms with E-state index in [4.69, 9.17) is 4.74 Å². The molecule has 0 saturated carbocycles. The summed E-state index contributed by atoms with van der Waals surface area (Å²) in [6.07, 6.45) is -9.54. The molecule has 2 aromatic heterocycles. The van der Waals surface area contributed by atoms with E-state index in [2.05, 4.69) is 42.5 Å². The van der Waals surface area contributed by atoms with Crippen LogP contribution in [0.5, 0.6) is 0 Å². The van der Waals surface area contributed by atoms with E-state index in [0.717, 1.165) is 71.1 Å². The van der Waals surface area contributed by atoms with Gasteiger partial charge >= 0.3 is 18.9 Å². The number of pyridine rings is 1. The zero-order valence-electron chi connectivity index (χ0n) is 44.2. The fraction of sp³-hybridized carbons (Fsp3) is 0.527. The van der Waals surface area contributed by atoms with E-state index in [0.29, 0.717) is 79.7 Å². The van der Waals surface area contributed by atoms with E-state index >= 15 is 8.78 Å². The summed E-state index contributed by atoms with van der Waals surface area (Å²) in [4.78, 5) is 62.3. The third-order valence-electron chi connectivity index (χ3n) is 15.3. The van der Waals surface area contributed by atoms with E-state index < -0.39 is 120 Å². The summed E-state index contributed by atoms with van der Waals surface area (Å²) >= 11 is 0. The number of aliphatic hydroxyl groups excluding tert-OH is 1. The van der Waals surface area contributed by atoms with Crippen LogP contribution >= 0.6 is 0 Å². The predicted molar refractivity (Wildman–Crippen MR) is 268 cm³/mol. The molecule has 428 valence electrons. The van der Waals surface area contributed by atoms with Crippen molar-refractivity contribution >= 4 is 29.2 Å². The van der Waals surface area contributed by atoms with Crippen molar-refractivity contribution in [1.82, 2.24) is 35.4 Å². The molecule has 5 heterocycles. The van der Waals surface area contributed by atoms with Crippen LogP contribution in [0.1, 0.15) is 96.0 Å². The fourth-order valence-corrected chi connectivity index (χ4v) is 10.3. The third kappa shape index (κ3) is 14.1. The summed E-state index contributed by atoms with van der Waals surface area (Å²) in [5.41, 5.74) is -3.58. The lowest BCUT2D eigenvalue weighted by Gasteiger charge is -2.47. The molecule has 2 unspecified atom stereocenters. The molecule has 0 radical (unpaired) electrons. The van der Waals surface area contributed by atoms with Crippen LogP contribution in [0.25, 0.3) is 11.3 Å². The van der Waals surface area contributed by atoms with Gasteiger partial charge in [0.15, 0.2) is 5.78 Å². The number of carbonyl (C=O) groups excluding carboxylic acids is 4. The molecule has 7 rings (SSSR count). The molecule has 4 aromatic rings. The number of ketones is 2. The molecular weight excluding hydrogens is 1060 g/mol. The lowest BCUT2D eigenvalue weighted by Crippen LogP contribution is -2.62. The van der Waals surface area contributed by atoms with Gasteiger partial charge in [-0.15, -0.1) is 0 Å². The number of hydrazine groups is 1. The number of aromatic nitrogens is 3. The molecule has 3 aliphatic rings. The molecule has 3 saturated heterocycles. The Kier molecular flexibility index (Phi) is 18.4. The number of fused-ring (bicyclic) bond motifs is 2. The molecular formula is C55H62F10N8O6. The Labute approximate surface area is 450 Å². The Hall–Kier alpha value is -6.42. The minimum atomic E-state index is -5.09. The molecule has 24 heteroatoms. The molecule has 2 amide bonds. The maximum atomic E-state index is 16.0. The molecule has 14 nitrogen and oxygen atoms in total. The van der Waals surface area contributed by atoms with Crippen LogP contribution < -0.4 is 15.6 Å². The van der Waals surface area contributed by atoms with Crippen molar-refractivity contribution in [1.29, 1.82) is 0 Å². The van der Waals surface area contributed by atoms with Crippen molar-refractivity contribution in [3.63, 3.8) is 0 Å². The summed E-state index contributed by atoms with van der Waals surface area (Å²) in [5.74, 6) is -3.91. The Morgan fingerprint density at radius 1 is 0.823 bits per heavy atom. The summed E-state index contributed by atoms with van der Waals surface area (Å²) in [5, 5.41) is 18.4. The number of ether oxygens (including phenoxy) is 1. The standard InChI is InChI=1S/C55H62F10N8O6/c1-31(74)19-42(52(3,4)54(60,61)62)50(78)69-71(27-41-43(56)21-36(22-44(41)57)45-17-18-72(68-45)51(58)59)28-47(77)37(23-46(76)49(67-32(2)75)53(5,6)55(63,64)65)20-34-10-7-33(8-11-34)9-12-35-13-16-48(66-24-35)70-25-38-14-15-39(26-70)73(38)40-29-79-30-40/h7-8,10-11,13,16-18,21-22,24,37-40,42,47,49,51,77H,14-15,19-20,23,25-30H2,1-6H3,(H,67,75)(H,69,78)/t37-,38?,39?,42-,47+,49-/m1/s1. The largest absolute Gasteiger partial charge is 0.396 e. The Balaban J connectivity index is 1.17. The zero-order chi connectivity index (χ0) is 57.9. The second-order valence-electron chi connectivity index (χ2n) is 21.7. The number of aliphatic hydroxyl groups is 1. The highest BCUT2D eigenvalue weighted by Crippen LogP contribution is 2.46. The van der Waals surface area contributed by atoms with Gasteiger partial charge in [0.25, 0.3) is 0 Å². The predicted octanol–water partition coefficient (Wildman–Crippen LogP) is 8.36. The number of anilines is 1. The van der Waals surface area contributed by atoms with Crippen molar-refractivity contribution in [2.75, 3.05) is 37.7 Å². The molecule has 3 N–H and O–H groups in total. The number of rotatable bonds is 21. The van der Waals surface area contributed by atoms with Crippen LogP contribution in [0.3, 0.4) is 0 Å². The summed E-state index contributed by atoms with van der Waals surface area (Å²) in [6, 6.07) is 11.7. The number of Topliss-reactive ketones (excluding diaryl/α,β-unsaturated/α-hetero) is 2. The lowest BCUT2D eigenvalue weighted by atomic mass is 9.75. The molecule has 2 bridgehead atoms. The van der Waals surface area contributed by atoms with Gasteiger partial charge in [0.05, 0.1) is 47.8 Å². The van der Waals surface area contributed by atoms with E-state index in [1.165, 1.54) is 0 Å². The van der Waals surface area contributed by atoms with Gasteiger partial charge in [-0.25, -0.2) is 23.5 Å². The summed E-state index contributed by atoms with van der Waals surface area (Å²) in [6.45, 7) is 2.63. The number of nitrogens with one attached hydrogen (secondary N) is 2. The van der Waals surface area contributed by atoms with Crippen LogP contribution in [0.4, 0.5) is 49.7 Å². The molecule has 6 atom stereocenters. The summed E-state index contributed by atoms with van der Waals surface area (Å²) < 4.78 is 151. The number of hydrogen-bond donors (Lipinski definition) is 3. The number of alkyl halides is 8. The minimum absolute atomic E-state index is 0.222. The van der Waals surface area contributed by atoms with Crippen molar-refractivity contribution in [3.8, 4) is 23.1 Å². The maximum Gasteiger partial charge on any atom is 0.396 e. The SMILES string of the molecule is CC(=O)C[C@H](C(=O)NN(Cc1c(F)cc(-c2ccn(C(F)F)n2)cc1F)C[C@H](O)[C@@H](CC(=O)[C@@H](NC(C)=O)C(C)(C)C(F)(F)F)Cc1ccc(C#Cc2ccc(N3CC4CCC(C3)N4C3COC3)nc2)cc1)C(C)(C)C(F)(F)F. The Morgan fingerprint density at radius 3 is 1.92 bits per heavy atom. The molecule has 0 aliphatic carbocycles. The topological polar surface area (TPSA) is 162 Å². The van der Waals surface area contributed by atoms with Gasteiger partial charge in [-0.05, 0) is 94.0 Å². The average Bonchev–Trinajstić information content (AvgIpc) is 3.98. The minimum Gasteiger partial charge on any atom is -0.391 e. The first kappa shape index (κ1) is 60.2. The lowest BCUT2D eigenvalue weighted by molar-refractivity contribution is -0.230. The van der Waals surface area contributed by atoms with Crippen LogP contribution in [-0.4, -0.2) is 129 Å². The van der Waals surface area contributed by atoms with Crippen LogP contribution in [0.15, 0.2) is 67.0 Å². The quantitative estimate of drug-likeness (QED) is 0.0418. The fourth-order valence-electron chi connectivity index (χ4n) is 10.3. The maximum absolute atomic E-state index is 16.0.